The Labute approximate surface area is 109 Å². The predicted octanol–water partition coefficient (Wildman–Crippen LogP) is 1.79. The molecule has 0 heterocycles. The van der Waals surface area contributed by atoms with Gasteiger partial charge in [0.1, 0.15) is 18.5 Å². The number of hydrogen-bond acceptors (Lipinski definition) is 4. The highest BCUT2D eigenvalue weighted by Crippen LogP contribution is 2.21. The Bertz CT molecular complexity index is 366. The fourth-order valence-electron chi connectivity index (χ4n) is 1.61. The third kappa shape index (κ3) is 4.64. The molecule has 0 saturated carbocycles. The van der Waals surface area contributed by atoms with Gasteiger partial charge < -0.3 is 20.3 Å². The fraction of sp³-hybridized carbons (Fsp3) is 0.571. The molecule has 0 aromatic heterocycles. The lowest BCUT2D eigenvalue weighted by Gasteiger charge is -2.15. The summed E-state index contributed by atoms with van der Waals surface area (Å²) in [6, 6.07) is 5.86. The van der Waals surface area contributed by atoms with Crippen LogP contribution in [0.2, 0.25) is 0 Å². The summed E-state index contributed by atoms with van der Waals surface area (Å²) in [4.78, 5) is 0. The van der Waals surface area contributed by atoms with E-state index in [1.807, 2.05) is 39.0 Å². The number of rotatable bonds is 7. The Hall–Kier alpha value is -1.10. The topological polar surface area (TPSA) is 64.7 Å². The van der Waals surface area contributed by atoms with E-state index < -0.39 is 6.10 Å². The van der Waals surface area contributed by atoms with Gasteiger partial charge in [-0.15, -0.1) is 0 Å². The first-order chi connectivity index (χ1) is 8.54. The van der Waals surface area contributed by atoms with E-state index in [4.69, 9.17) is 15.2 Å². The SMILES string of the molecule is CCOCC(O)COc1ccc([C@@H](C)N)cc1C. The lowest BCUT2D eigenvalue weighted by Crippen LogP contribution is -2.23. The number of aliphatic hydroxyl groups is 1. The van der Waals surface area contributed by atoms with Crippen molar-refractivity contribution in [2.24, 2.45) is 5.73 Å². The highest BCUT2D eigenvalue weighted by atomic mass is 16.5. The zero-order chi connectivity index (χ0) is 13.5. The van der Waals surface area contributed by atoms with Crippen LogP contribution in [0.4, 0.5) is 0 Å². The standard InChI is InChI=1S/C14H23NO3/c1-4-17-8-13(16)9-18-14-6-5-12(11(3)15)7-10(14)2/h5-7,11,13,16H,4,8-9,15H2,1-3H3/t11-,13?/m1/s1. The number of aryl methyl sites for hydroxylation is 1. The Balaban J connectivity index is 2.52. The maximum atomic E-state index is 9.61. The van der Waals surface area contributed by atoms with Crippen molar-refractivity contribution >= 4 is 0 Å². The number of ether oxygens (including phenoxy) is 2. The fourth-order valence-corrected chi connectivity index (χ4v) is 1.61. The first-order valence-electron chi connectivity index (χ1n) is 6.29. The van der Waals surface area contributed by atoms with Gasteiger partial charge in [0.05, 0.1) is 6.61 Å². The van der Waals surface area contributed by atoms with Crippen molar-refractivity contribution in [3.63, 3.8) is 0 Å². The van der Waals surface area contributed by atoms with E-state index in [9.17, 15) is 5.11 Å². The minimum atomic E-state index is -0.600. The van der Waals surface area contributed by atoms with Gasteiger partial charge in [-0.2, -0.15) is 0 Å². The van der Waals surface area contributed by atoms with Crippen LogP contribution in [0.15, 0.2) is 18.2 Å². The molecular formula is C14H23NO3. The van der Waals surface area contributed by atoms with E-state index in [2.05, 4.69) is 0 Å². The van der Waals surface area contributed by atoms with Crippen LogP contribution in [0.1, 0.15) is 31.0 Å². The Kier molecular flexibility index (Phi) is 6.12. The molecule has 0 saturated heterocycles. The van der Waals surface area contributed by atoms with Crippen LogP contribution in [0.3, 0.4) is 0 Å². The third-order valence-electron chi connectivity index (χ3n) is 2.67. The average molecular weight is 253 g/mol. The van der Waals surface area contributed by atoms with Gasteiger partial charge in [0.2, 0.25) is 0 Å². The normalized spacial score (nSPS) is 14.3. The molecule has 1 unspecified atom stereocenters. The first kappa shape index (κ1) is 15.0. The van der Waals surface area contributed by atoms with Crippen LogP contribution in [-0.2, 0) is 4.74 Å². The van der Waals surface area contributed by atoms with Crippen molar-refractivity contribution in [2.75, 3.05) is 19.8 Å². The number of aliphatic hydroxyl groups excluding tert-OH is 1. The molecule has 0 bridgehead atoms. The van der Waals surface area contributed by atoms with Gasteiger partial charge in [-0.1, -0.05) is 12.1 Å². The van der Waals surface area contributed by atoms with Gasteiger partial charge in [0, 0.05) is 12.6 Å². The smallest absolute Gasteiger partial charge is 0.122 e. The molecule has 0 fully saturated rings. The van der Waals surface area contributed by atoms with Gasteiger partial charge in [-0.25, -0.2) is 0 Å². The second-order valence-corrected chi connectivity index (χ2v) is 4.44. The predicted molar refractivity (Wildman–Crippen MR) is 71.8 cm³/mol. The molecule has 1 aromatic rings. The maximum Gasteiger partial charge on any atom is 0.122 e. The van der Waals surface area contributed by atoms with Crippen LogP contribution in [0.5, 0.6) is 5.75 Å². The van der Waals surface area contributed by atoms with E-state index >= 15 is 0 Å². The summed E-state index contributed by atoms with van der Waals surface area (Å²) in [6.45, 7) is 6.94. The molecule has 2 atom stereocenters. The van der Waals surface area contributed by atoms with E-state index in [0.29, 0.717) is 13.2 Å². The summed E-state index contributed by atoms with van der Waals surface area (Å²) >= 11 is 0. The summed E-state index contributed by atoms with van der Waals surface area (Å²) < 4.78 is 10.7. The van der Waals surface area contributed by atoms with Gasteiger partial charge >= 0.3 is 0 Å². The van der Waals surface area contributed by atoms with Crippen molar-refractivity contribution < 1.29 is 14.6 Å². The molecule has 0 aliphatic carbocycles. The quantitative estimate of drug-likeness (QED) is 0.777. The minimum Gasteiger partial charge on any atom is -0.491 e. The summed E-state index contributed by atoms with van der Waals surface area (Å²) in [6.07, 6.45) is -0.600. The molecule has 0 spiro atoms. The molecule has 0 aliphatic heterocycles. The lowest BCUT2D eigenvalue weighted by atomic mass is 10.1. The molecule has 3 N–H and O–H groups in total. The highest BCUT2D eigenvalue weighted by molar-refractivity contribution is 5.37. The summed E-state index contributed by atoms with van der Waals surface area (Å²) in [5.41, 5.74) is 7.91. The van der Waals surface area contributed by atoms with E-state index in [1.54, 1.807) is 0 Å². The molecule has 0 radical (unpaired) electrons. The van der Waals surface area contributed by atoms with E-state index in [1.165, 1.54) is 0 Å². The second-order valence-electron chi connectivity index (χ2n) is 4.44. The molecule has 0 amide bonds. The third-order valence-corrected chi connectivity index (χ3v) is 2.67. The average Bonchev–Trinajstić information content (AvgIpc) is 2.34. The van der Waals surface area contributed by atoms with Gasteiger partial charge in [-0.05, 0) is 38.0 Å². The maximum absolute atomic E-state index is 9.61. The Morgan fingerprint density at radius 2 is 2.06 bits per heavy atom. The molecule has 4 heteroatoms. The summed E-state index contributed by atoms with van der Waals surface area (Å²) in [7, 11) is 0. The Morgan fingerprint density at radius 1 is 1.33 bits per heavy atom. The molecule has 0 aliphatic rings. The van der Waals surface area contributed by atoms with Crippen molar-refractivity contribution in [3.05, 3.63) is 29.3 Å². The summed E-state index contributed by atoms with van der Waals surface area (Å²) in [5.74, 6) is 0.773. The van der Waals surface area contributed by atoms with Crippen LogP contribution in [0.25, 0.3) is 0 Å². The molecular weight excluding hydrogens is 230 g/mol. The van der Waals surface area contributed by atoms with Crippen molar-refractivity contribution in [3.8, 4) is 5.75 Å². The molecule has 1 rings (SSSR count). The zero-order valence-electron chi connectivity index (χ0n) is 11.3. The van der Waals surface area contributed by atoms with Crippen LogP contribution in [-0.4, -0.2) is 31.0 Å². The van der Waals surface area contributed by atoms with Gasteiger partial charge in [-0.3, -0.25) is 0 Å². The monoisotopic (exact) mass is 253 g/mol. The molecule has 4 nitrogen and oxygen atoms in total. The number of nitrogens with two attached hydrogens (primary N) is 1. The van der Waals surface area contributed by atoms with Crippen LogP contribution in [0, 0.1) is 6.92 Å². The zero-order valence-corrected chi connectivity index (χ0v) is 11.3. The summed E-state index contributed by atoms with van der Waals surface area (Å²) in [5, 5.41) is 9.61. The van der Waals surface area contributed by atoms with Crippen molar-refractivity contribution in [1.82, 2.24) is 0 Å². The molecule has 1 aromatic carbocycles. The van der Waals surface area contributed by atoms with Crippen molar-refractivity contribution in [1.29, 1.82) is 0 Å². The largest absolute Gasteiger partial charge is 0.491 e. The van der Waals surface area contributed by atoms with Crippen LogP contribution < -0.4 is 10.5 Å². The molecule has 102 valence electrons. The van der Waals surface area contributed by atoms with Crippen LogP contribution >= 0.6 is 0 Å². The second kappa shape index (κ2) is 7.36. The number of benzene rings is 1. The first-order valence-corrected chi connectivity index (χ1v) is 6.29. The van der Waals surface area contributed by atoms with E-state index in [0.717, 1.165) is 16.9 Å². The molecule has 18 heavy (non-hydrogen) atoms. The minimum absolute atomic E-state index is 0.0151. The lowest BCUT2D eigenvalue weighted by molar-refractivity contribution is 0.0163. The van der Waals surface area contributed by atoms with E-state index in [-0.39, 0.29) is 12.6 Å². The number of hydrogen-bond donors (Lipinski definition) is 2. The Morgan fingerprint density at radius 3 is 2.61 bits per heavy atom. The van der Waals surface area contributed by atoms with Gasteiger partial charge in [0.25, 0.3) is 0 Å². The highest BCUT2D eigenvalue weighted by Gasteiger charge is 2.08. The van der Waals surface area contributed by atoms with Crippen molar-refractivity contribution in [2.45, 2.75) is 32.9 Å². The van der Waals surface area contributed by atoms with Gasteiger partial charge in [0.15, 0.2) is 0 Å².